The van der Waals surface area contributed by atoms with Crippen LogP contribution in [0.25, 0.3) is 6.08 Å². The van der Waals surface area contributed by atoms with Crippen molar-refractivity contribution in [3.8, 4) is 11.5 Å². The fraction of sp³-hybridized carbons (Fsp3) is 0. The molecule has 0 spiro atoms. The zero-order valence-electron chi connectivity index (χ0n) is 19.1. The lowest BCUT2D eigenvalue weighted by molar-refractivity contribution is -0.122. The number of hydrogen-bond donors (Lipinski definition) is 1. The minimum Gasteiger partial charge on any atom is -0.457 e. The first-order valence-electron chi connectivity index (χ1n) is 11.1. The normalized spacial score (nSPS) is 14.6. The molecule has 3 aromatic carbocycles. The first-order valence-corrected chi connectivity index (χ1v) is 12.7. The molecule has 2 heterocycles. The number of ether oxygens (including phenoxy) is 1. The van der Waals surface area contributed by atoms with Crippen LogP contribution >= 0.6 is 35.6 Å². The number of anilines is 1. The Morgan fingerprint density at radius 1 is 0.892 bits per heavy atom. The maximum absolute atomic E-state index is 13.5. The molecule has 182 valence electrons. The maximum Gasteiger partial charge on any atom is 0.270 e. The zero-order valence-corrected chi connectivity index (χ0v) is 21.5. The number of benzene rings is 3. The van der Waals surface area contributed by atoms with Crippen molar-refractivity contribution in [2.45, 2.75) is 9.92 Å². The molecule has 5 rings (SSSR count). The lowest BCUT2D eigenvalue weighted by Crippen LogP contribution is -2.54. The molecular formula is C28H18ClN3O3S2. The average Bonchev–Trinajstić information content (AvgIpc) is 2.90. The van der Waals surface area contributed by atoms with E-state index >= 15 is 0 Å². The molecule has 4 aromatic rings. The van der Waals surface area contributed by atoms with E-state index in [1.165, 1.54) is 22.7 Å². The van der Waals surface area contributed by atoms with E-state index in [4.69, 9.17) is 28.6 Å². The second-order valence-electron chi connectivity index (χ2n) is 7.80. The van der Waals surface area contributed by atoms with Gasteiger partial charge in [-0.05, 0) is 72.9 Å². The summed E-state index contributed by atoms with van der Waals surface area (Å²) in [5, 5.41) is 3.80. The van der Waals surface area contributed by atoms with Crippen LogP contribution in [-0.4, -0.2) is 21.9 Å². The smallest absolute Gasteiger partial charge is 0.270 e. The Hall–Kier alpha value is -3.98. The molecule has 6 nitrogen and oxygen atoms in total. The number of carbonyl (C=O) groups excluding carboxylic acids is 2. The molecule has 1 aliphatic heterocycles. The van der Waals surface area contributed by atoms with Gasteiger partial charge in [0.2, 0.25) is 0 Å². The van der Waals surface area contributed by atoms with Crippen molar-refractivity contribution in [2.24, 2.45) is 0 Å². The van der Waals surface area contributed by atoms with Crippen molar-refractivity contribution < 1.29 is 14.3 Å². The molecule has 37 heavy (non-hydrogen) atoms. The minimum atomic E-state index is -0.576. The van der Waals surface area contributed by atoms with E-state index in [0.29, 0.717) is 32.8 Å². The van der Waals surface area contributed by atoms with Gasteiger partial charge in [-0.3, -0.25) is 19.8 Å². The Morgan fingerprint density at radius 2 is 1.59 bits per heavy atom. The van der Waals surface area contributed by atoms with Gasteiger partial charge in [0.05, 0.1) is 10.7 Å². The summed E-state index contributed by atoms with van der Waals surface area (Å²) in [6.07, 6.45) is 3.16. The number of nitrogens with one attached hydrogen (secondary N) is 1. The first-order chi connectivity index (χ1) is 18.0. The van der Waals surface area contributed by atoms with Gasteiger partial charge in [0, 0.05) is 16.7 Å². The zero-order chi connectivity index (χ0) is 25.8. The minimum absolute atomic E-state index is 0.000676. The van der Waals surface area contributed by atoms with Crippen LogP contribution in [0.4, 0.5) is 5.69 Å². The highest BCUT2D eigenvalue weighted by atomic mass is 35.5. The fourth-order valence-electron chi connectivity index (χ4n) is 3.57. The summed E-state index contributed by atoms with van der Waals surface area (Å²) >= 11 is 13.0. The van der Waals surface area contributed by atoms with Crippen LogP contribution in [0.3, 0.4) is 0 Å². The van der Waals surface area contributed by atoms with Crippen LogP contribution in [0.15, 0.2) is 113 Å². The highest BCUT2D eigenvalue weighted by Crippen LogP contribution is 2.35. The van der Waals surface area contributed by atoms with E-state index in [2.05, 4.69) is 10.3 Å². The largest absolute Gasteiger partial charge is 0.457 e. The van der Waals surface area contributed by atoms with Crippen LogP contribution in [0.5, 0.6) is 11.5 Å². The number of para-hydroxylation sites is 1. The van der Waals surface area contributed by atoms with Gasteiger partial charge in [-0.1, -0.05) is 59.8 Å². The predicted octanol–water partition coefficient (Wildman–Crippen LogP) is 6.51. The van der Waals surface area contributed by atoms with Crippen LogP contribution in [-0.2, 0) is 9.59 Å². The molecular weight excluding hydrogens is 526 g/mol. The van der Waals surface area contributed by atoms with Crippen molar-refractivity contribution in [3.63, 3.8) is 0 Å². The molecule has 0 saturated carbocycles. The number of carbonyl (C=O) groups is 2. The summed E-state index contributed by atoms with van der Waals surface area (Å²) in [6, 6.07) is 27.2. The van der Waals surface area contributed by atoms with Crippen molar-refractivity contribution in [2.75, 3.05) is 4.90 Å². The number of rotatable bonds is 6. The molecule has 1 saturated heterocycles. The molecule has 9 heteroatoms. The SMILES string of the molecule is O=C1NC(=S)N(c2ccc(Oc3ccccc3)cc2)C(=O)C1=Cc1cccnc1Sc1ccccc1Cl. The third-order valence-corrected chi connectivity index (χ3v) is 7.16. The number of thiocarbonyl (C=S) groups is 1. The third kappa shape index (κ3) is 5.56. The molecule has 1 aromatic heterocycles. The number of hydrogen-bond acceptors (Lipinski definition) is 6. The summed E-state index contributed by atoms with van der Waals surface area (Å²) in [4.78, 5) is 32.8. The van der Waals surface area contributed by atoms with Gasteiger partial charge in [0.25, 0.3) is 11.8 Å². The Kier molecular flexibility index (Phi) is 7.32. The van der Waals surface area contributed by atoms with E-state index in [9.17, 15) is 9.59 Å². The number of nitrogens with zero attached hydrogens (tertiary/aromatic N) is 2. The van der Waals surface area contributed by atoms with Crippen molar-refractivity contribution >= 4 is 64.3 Å². The van der Waals surface area contributed by atoms with E-state index in [1.54, 1.807) is 48.7 Å². The Bertz CT molecular complexity index is 1530. The lowest BCUT2D eigenvalue weighted by atomic mass is 10.1. The Morgan fingerprint density at radius 3 is 2.35 bits per heavy atom. The molecule has 0 radical (unpaired) electrons. The van der Waals surface area contributed by atoms with Crippen molar-refractivity contribution in [1.82, 2.24) is 10.3 Å². The van der Waals surface area contributed by atoms with Crippen LogP contribution in [0.2, 0.25) is 5.02 Å². The van der Waals surface area contributed by atoms with Gasteiger partial charge >= 0.3 is 0 Å². The molecule has 1 fully saturated rings. The van der Waals surface area contributed by atoms with E-state index < -0.39 is 11.8 Å². The maximum atomic E-state index is 13.5. The molecule has 0 aliphatic carbocycles. The number of aromatic nitrogens is 1. The van der Waals surface area contributed by atoms with Gasteiger partial charge in [-0.25, -0.2) is 4.98 Å². The molecule has 0 bridgehead atoms. The number of halogens is 1. The van der Waals surface area contributed by atoms with E-state index in [1.807, 2.05) is 48.5 Å². The second-order valence-corrected chi connectivity index (χ2v) is 9.62. The summed E-state index contributed by atoms with van der Waals surface area (Å²) in [5.41, 5.74) is 1.04. The number of pyridine rings is 1. The summed E-state index contributed by atoms with van der Waals surface area (Å²) < 4.78 is 5.83. The molecule has 2 amide bonds. The standard InChI is InChI=1S/C28H18ClN3O3S2/c29-23-10-4-5-11-24(23)37-26-18(7-6-16-30-26)17-22-25(33)31-28(36)32(27(22)34)19-12-14-21(15-13-19)35-20-8-2-1-3-9-20/h1-17H,(H,31,33,36). The second kappa shape index (κ2) is 11.0. The van der Waals surface area contributed by atoms with E-state index in [0.717, 1.165) is 4.90 Å². The summed E-state index contributed by atoms with van der Waals surface area (Å²) in [5.74, 6) is 0.178. The summed E-state index contributed by atoms with van der Waals surface area (Å²) in [6.45, 7) is 0. The van der Waals surface area contributed by atoms with E-state index in [-0.39, 0.29) is 10.7 Å². The van der Waals surface area contributed by atoms with Gasteiger partial charge < -0.3 is 4.74 Å². The quantitative estimate of drug-likeness (QED) is 0.170. The third-order valence-electron chi connectivity index (χ3n) is 5.32. The Balaban J connectivity index is 1.42. The summed E-state index contributed by atoms with van der Waals surface area (Å²) in [7, 11) is 0. The molecule has 1 N–H and O–H groups in total. The highest BCUT2D eigenvalue weighted by Gasteiger charge is 2.34. The highest BCUT2D eigenvalue weighted by molar-refractivity contribution is 7.99. The molecule has 0 unspecified atom stereocenters. The van der Waals surface area contributed by atoms with Crippen LogP contribution < -0.4 is 15.0 Å². The fourth-order valence-corrected chi connectivity index (χ4v) is 4.98. The number of amides is 2. The predicted molar refractivity (Wildman–Crippen MR) is 149 cm³/mol. The molecule has 0 atom stereocenters. The topological polar surface area (TPSA) is 71.5 Å². The van der Waals surface area contributed by atoms with Gasteiger partial charge in [0.1, 0.15) is 22.1 Å². The Labute approximate surface area is 227 Å². The van der Waals surface area contributed by atoms with Crippen molar-refractivity contribution in [1.29, 1.82) is 0 Å². The van der Waals surface area contributed by atoms with Gasteiger partial charge in [0.15, 0.2) is 5.11 Å². The average molecular weight is 544 g/mol. The monoisotopic (exact) mass is 543 g/mol. The van der Waals surface area contributed by atoms with Gasteiger partial charge in [-0.15, -0.1) is 0 Å². The van der Waals surface area contributed by atoms with Crippen molar-refractivity contribution in [3.05, 3.63) is 113 Å². The van der Waals surface area contributed by atoms with Crippen LogP contribution in [0.1, 0.15) is 5.56 Å². The van der Waals surface area contributed by atoms with Gasteiger partial charge in [-0.2, -0.15) is 0 Å². The first kappa shape index (κ1) is 24.7. The lowest BCUT2D eigenvalue weighted by Gasteiger charge is -2.29. The molecule has 1 aliphatic rings. The van der Waals surface area contributed by atoms with Crippen LogP contribution in [0, 0.1) is 0 Å².